The van der Waals surface area contributed by atoms with Crippen molar-refractivity contribution in [3.8, 4) is 28.2 Å². The van der Waals surface area contributed by atoms with Gasteiger partial charge in [-0.25, -0.2) is 9.67 Å². The number of halogens is 2. The van der Waals surface area contributed by atoms with Crippen molar-refractivity contribution in [2.75, 3.05) is 6.54 Å². The number of nitrogens with one attached hydrogen (secondary N) is 1. The SMILES string of the molecule is O=C(c1ccc(Cl)cc1)N1CCc2ccc(-n3cc(-c4n[nH]c5ccc(-c6cccnc6F)cc45)nn3)cc2C1. The Morgan fingerprint density at radius 2 is 1.88 bits per heavy atom. The highest BCUT2D eigenvalue weighted by atomic mass is 35.5. The molecule has 1 aliphatic heterocycles. The molecular formula is C30H21ClFN7O. The highest BCUT2D eigenvalue weighted by molar-refractivity contribution is 6.30. The fourth-order valence-corrected chi connectivity index (χ4v) is 5.24. The summed E-state index contributed by atoms with van der Waals surface area (Å²) in [6, 6.07) is 22.0. The lowest BCUT2D eigenvalue weighted by molar-refractivity contribution is 0.0734. The number of nitrogens with zero attached hydrogens (tertiary/aromatic N) is 6. The quantitative estimate of drug-likeness (QED) is 0.278. The summed E-state index contributed by atoms with van der Waals surface area (Å²) >= 11 is 5.99. The maximum absolute atomic E-state index is 14.3. The lowest BCUT2D eigenvalue weighted by atomic mass is 9.98. The molecule has 40 heavy (non-hydrogen) atoms. The van der Waals surface area contributed by atoms with Crippen LogP contribution in [0.5, 0.6) is 0 Å². The molecule has 6 aromatic rings. The first-order valence-electron chi connectivity index (χ1n) is 12.7. The zero-order chi connectivity index (χ0) is 27.2. The number of fused-ring (bicyclic) bond motifs is 2. The van der Waals surface area contributed by atoms with Gasteiger partial charge in [0.15, 0.2) is 0 Å². The third-order valence-electron chi connectivity index (χ3n) is 7.21. The number of aromatic amines is 1. The van der Waals surface area contributed by atoms with Gasteiger partial charge < -0.3 is 4.90 Å². The van der Waals surface area contributed by atoms with Gasteiger partial charge in [0.05, 0.1) is 17.4 Å². The Morgan fingerprint density at radius 3 is 2.73 bits per heavy atom. The molecule has 0 radical (unpaired) electrons. The summed E-state index contributed by atoms with van der Waals surface area (Å²) in [5, 5.41) is 17.6. The number of hydrogen-bond acceptors (Lipinski definition) is 5. The summed E-state index contributed by atoms with van der Waals surface area (Å²) in [6.07, 6.45) is 4.01. The van der Waals surface area contributed by atoms with Crippen molar-refractivity contribution in [1.29, 1.82) is 0 Å². The number of H-pyrrole nitrogens is 1. The summed E-state index contributed by atoms with van der Waals surface area (Å²) in [5.74, 6) is -0.551. The Bertz CT molecular complexity index is 1900. The number of rotatable bonds is 4. The van der Waals surface area contributed by atoms with Crippen LogP contribution in [0.25, 0.3) is 39.1 Å². The topological polar surface area (TPSA) is 92.6 Å². The maximum Gasteiger partial charge on any atom is 0.254 e. The molecule has 1 N–H and O–H groups in total. The Kier molecular flexibility index (Phi) is 5.86. The fourth-order valence-electron chi connectivity index (χ4n) is 5.11. The molecule has 0 spiro atoms. The first kappa shape index (κ1) is 24.2. The van der Waals surface area contributed by atoms with Gasteiger partial charge in [0.25, 0.3) is 5.91 Å². The van der Waals surface area contributed by atoms with Gasteiger partial charge in [0.2, 0.25) is 5.95 Å². The molecule has 0 atom stereocenters. The standard InChI is InChI=1S/C30H21ClFN7O/c31-22-7-3-19(4-8-22)30(40)38-13-11-18-5-9-23(14-21(18)16-38)39-17-27(35-37-39)28-25-15-20(6-10-26(25)34-36-28)24-2-1-12-33-29(24)32/h1-10,12,14-15,17H,11,13,16H2,(H,34,36). The van der Waals surface area contributed by atoms with Gasteiger partial charge in [0, 0.05) is 40.8 Å². The first-order valence-corrected chi connectivity index (χ1v) is 13.1. The lowest BCUT2D eigenvalue weighted by Crippen LogP contribution is -2.36. The average molecular weight is 550 g/mol. The number of carbonyl (C=O) groups is 1. The smallest absolute Gasteiger partial charge is 0.254 e. The number of pyridine rings is 1. The highest BCUT2D eigenvalue weighted by Gasteiger charge is 2.23. The van der Waals surface area contributed by atoms with Crippen LogP contribution in [0.15, 0.2) is 85.2 Å². The van der Waals surface area contributed by atoms with Gasteiger partial charge in [-0.15, -0.1) is 5.10 Å². The first-order chi connectivity index (χ1) is 19.5. The summed E-state index contributed by atoms with van der Waals surface area (Å²) in [4.78, 5) is 18.7. The van der Waals surface area contributed by atoms with Crippen LogP contribution in [-0.2, 0) is 13.0 Å². The fraction of sp³-hybridized carbons (Fsp3) is 0.100. The molecule has 10 heteroatoms. The molecule has 7 rings (SSSR count). The minimum Gasteiger partial charge on any atom is -0.334 e. The van der Waals surface area contributed by atoms with Crippen LogP contribution < -0.4 is 0 Å². The van der Waals surface area contributed by atoms with Crippen LogP contribution in [0.3, 0.4) is 0 Å². The minimum atomic E-state index is -0.529. The van der Waals surface area contributed by atoms with E-state index >= 15 is 0 Å². The Hall–Kier alpha value is -4.89. The zero-order valence-corrected chi connectivity index (χ0v) is 21.8. The van der Waals surface area contributed by atoms with Gasteiger partial charge in [-0.3, -0.25) is 9.89 Å². The largest absolute Gasteiger partial charge is 0.334 e. The maximum atomic E-state index is 14.3. The molecule has 0 saturated heterocycles. The molecule has 4 heterocycles. The number of benzene rings is 3. The summed E-state index contributed by atoms with van der Waals surface area (Å²) < 4.78 is 16.0. The van der Waals surface area contributed by atoms with Crippen molar-refractivity contribution in [3.05, 3.63) is 113 Å². The molecule has 0 fully saturated rings. The number of aromatic nitrogens is 6. The third-order valence-corrected chi connectivity index (χ3v) is 7.47. The summed E-state index contributed by atoms with van der Waals surface area (Å²) in [7, 11) is 0. The number of hydrogen-bond donors (Lipinski definition) is 1. The second-order valence-corrected chi connectivity index (χ2v) is 10.1. The Labute approximate surface area is 233 Å². The van der Waals surface area contributed by atoms with E-state index in [9.17, 15) is 9.18 Å². The molecule has 1 amide bonds. The predicted molar refractivity (Wildman–Crippen MR) is 150 cm³/mol. The van der Waals surface area contributed by atoms with Crippen molar-refractivity contribution in [1.82, 2.24) is 35.1 Å². The zero-order valence-electron chi connectivity index (χ0n) is 21.1. The second kappa shape index (κ2) is 9.69. The van der Waals surface area contributed by atoms with Crippen LogP contribution in [0.1, 0.15) is 21.5 Å². The normalized spacial score (nSPS) is 13.0. The van der Waals surface area contributed by atoms with Gasteiger partial charge >= 0.3 is 0 Å². The molecular weight excluding hydrogens is 529 g/mol. The lowest BCUT2D eigenvalue weighted by Gasteiger charge is -2.29. The van der Waals surface area contributed by atoms with Crippen molar-refractivity contribution in [2.24, 2.45) is 0 Å². The summed E-state index contributed by atoms with van der Waals surface area (Å²) in [5.41, 5.74) is 6.82. The molecule has 1 aliphatic rings. The van der Waals surface area contributed by atoms with E-state index in [1.165, 1.54) is 11.8 Å². The van der Waals surface area contributed by atoms with E-state index in [1.807, 2.05) is 41.4 Å². The van der Waals surface area contributed by atoms with Crippen molar-refractivity contribution < 1.29 is 9.18 Å². The van der Waals surface area contributed by atoms with Gasteiger partial charge in [-0.2, -0.15) is 9.49 Å². The van der Waals surface area contributed by atoms with E-state index in [0.717, 1.165) is 28.6 Å². The molecule has 8 nitrogen and oxygen atoms in total. The molecule has 0 unspecified atom stereocenters. The highest BCUT2D eigenvalue weighted by Crippen LogP contribution is 2.31. The van der Waals surface area contributed by atoms with Gasteiger partial charge in [-0.1, -0.05) is 28.9 Å². The van der Waals surface area contributed by atoms with Gasteiger partial charge in [0.1, 0.15) is 11.4 Å². The van der Waals surface area contributed by atoms with E-state index < -0.39 is 5.95 Å². The van der Waals surface area contributed by atoms with Gasteiger partial charge in [-0.05, 0) is 83.8 Å². The predicted octanol–water partition coefficient (Wildman–Crippen LogP) is 5.86. The monoisotopic (exact) mass is 549 g/mol. The molecule has 3 aromatic carbocycles. The van der Waals surface area contributed by atoms with E-state index in [4.69, 9.17) is 11.6 Å². The van der Waals surface area contributed by atoms with Crippen LogP contribution in [0.4, 0.5) is 4.39 Å². The Morgan fingerprint density at radius 1 is 1.00 bits per heavy atom. The molecule has 0 saturated carbocycles. The molecule has 0 aliphatic carbocycles. The molecule has 3 aromatic heterocycles. The third kappa shape index (κ3) is 4.30. The van der Waals surface area contributed by atoms with Crippen LogP contribution in [-0.4, -0.2) is 47.5 Å². The summed E-state index contributed by atoms with van der Waals surface area (Å²) in [6.45, 7) is 1.16. The van der Waals surface area contributed by atoms with E-state index in [-0.39, 0.29) is 5.91 Å². The van der Waals surface area contributed by atoms with E-state index in [0.29, 0.717) is 46.2 Å². The second-order valence-electron chi connectivity index (χ2n) is 9.66. The van der Waals surface area contributed by atoms with Crippen molar-refractivity contribution in [2.45, 2.75) is 13.0 Å². The van der Waals surface area contributed by atoms with E-state index in [2.05, 4.69) is 31.6 Å². The van der Waals surface area contributed by atoms with Crippen molar-refractivity contribution in [3.63, 3.8) is 0 Å². The number of carbonyl (C=O) groups excluding carboxylic acids is 1. The van der Waals surface area contributed by atoms with Crippen molar-refractivity contribution >= 4 is 28.4 Å². The average Bonchev–Trinajstić information content (AvgIpc) is 3.64. The van der Waals surface area contributed by atoms with Crippen LogP contribution >= 0.6 is 11.6 Å². The molecule has 0 bridgehead atoms. The van der Waals surface area contributed by atoms with Crippen LogP contribution in [0, 0.1) is 5.95 Å². The Balaban J connectivity index is 1.17. The number of amides is 1. The van der Waals surface area contributed by atoms with E-state index in [1.54, 1.807) is 41.1 Å². The minimum absolute atomic E-state index is 0.0216. The van der Waals surface area contributed by atoms with Crippen LogP contribution in [0.2, 0.25) is 5.02 Å². The molecule has 196 valence electrons.